The molecule has 0 radical (unpaired) electrons. The van der Waals surface area contributed by atoms with Crippen LogP contribution in [-0.4, -0.2) is 53.4 Å². The van der Waals surface area contributed by atoms with E-state index in [-0.39, 0.29) is 23.8 Å². The van der Waals surface area contributed by atoms with Crippen molar-refractivity contribution in [1.82, 2.24) is 9.80 Å². The maximum absolute atomic E-state index is 12.3. The molecule has 1 amide bonds. The average Bonchev–Trinajstić information content (AvgIpc) is 2.65. The van der Waals surface area contributed by atoms with Crippen LogP contribution < -0.4 is 5.32 Å². The summed E-state index contributed by atoms with van der Waals surface area (Å²) in [6.45, 7) is 6.63. The molecule has 1 saturated heterocycles. The molecule has 0 aliphatic carbocycles. The van der Waals surface area contributed by atoms with Crippen LogP contribution in [0.2, 0.25) is 0 Å². The van der Waals surface area contributed by atoms with Crippen LogP contribution in [-0.2, 0) is 11.3 Å². The predicted octanol–water partition coefficient (Wildman–Crippen LogP) is 2.66. The highest BCUT2D eigenvalue weighted by molar-refractivity contribution is 5.94. The number of nitro benzene ring substituents is 1. The SMILES string of the molecule is Cc1ccc(CN2CCN(CC(=O)Nc3ccccc3[N+](=O)[O-])CC2)cc1. The second kappa shape index (κ2) is 8.75. The number of benzene rings is 2. The van der Waals surface area contributed by atoms with Crippen LogP contribution in [0.25, 0.3) is 0 Å². The van der Waals surface area contributed by atoms with Gasteiger partial charge in [-0.2, -0.15) is 0 Å². The van der Waals surface area contributed by atoms with Gasteiger partial charge in [-0.25, -0.2) is 0 Å². The Hall–Kier alpha value is -2.77. The van der Waals surface area contributed by atoms with E-state index in [1.165, 1.54) is 17.2 Å². The fraction of sp³-hybridized carbons (Fsp3) is 0.350. The van der Waals surface area contributed by atoms with E-state index < -0.39 is 4.92 Å². The lowest BCUT2D eigenvalue weighted by atomic mass is 10.1. The normalized spacial score (nSPS) is 15.4. The molecule has 1 heterocycles. The van der Waals surface area contributed by atoms with E-state index in [1.54, 1.807) is 18.2 Å². The predicted molar refractivity (Wildman–Crippen MR) is 105 cm³/mol. The summed E-state index contributed by atoms with van der Waals surface area (Å²) >= 11 is 0. The summed E-state index contributed by atoms with van der Waals surface area (Å²) in [4.78, 5) is 27.3. The fourth-order valence-corrected chi connectivity index (χ4v) is 3.19. The molecule has 1 fully saturated rings. The van der Waals surface area contributed by atoms with Crippen molar-refractivity contribution in [2.45, 2.75) is 13.5 Å². The molecule has 1 aliphatic rings. The average molecular weight is 368 g/mol. The monoisotopic (exact) mass is 368 g/mol. The molecule has 0 bridgehead atoms. The number of nitrogens with one attached hydrogen (secondary N) is 1. The molecule has 1 N–H and O–H groups in total. The molecule has 7 nitrogen and oxygen atoms in total. The van der Waals surface area contributed by atoms with E-state index in [1.807, 2.05) is 0 Å². The lowest BCUT2D eigenvalue weighted by Crippen LogP contribution is -2.48. The minimum atomic E-state index is -0.487. The van der Waals surface area contributed by atoms with Crippen LogP contribution in [0.15, 0.2) is 48.5 Å². The molecular weight excluding hydrogens is 344 g/mol. The number of carbonyl (C=O) groups excluding carboxylic acids is 1. The van der Waals surface area contributed by atoms with Gasteiger partial charge in [0.2, 0.25) is 5.91 Å². The van der Waals surface area contributed by atoms with Crippen LogP contribution in [0.3, 0.4) is 0 Å². The Labute approximate surface area is 158 Å². The molecule has 1 aliphatic heterocycles. The molecule has 0 unspecified atom stereocenters. The highest BCUT2D eigenvalue weighted by Crippen LogP contribution is 2.23. The summed E-state index contributed by atoms with van der Waals surface area (Å²) in [5.74, 6) is -0.226. The summed E-state index contributed by atoms with van der Waals surface area (Å²) in [7, 11) is 0. The first-order valence-corrected chi connectivity index (χ1v) is 9.05. The lowest BCUT2D eigenvalue weighted by molar-refractivity contribution is -0.383. The quantitative estimate of drug-likeness (QED) is 0.626. The Morgan fingerprint density at radius 1 is 1.04 bits per heavy atom. The third-order valence-corrected chi connectivity index (χ3v) is 4.73. The van der Waals surface area contributed by atoms with Gasteiger partial charge in [-0.15, -0.1) is 0 Å². The Morgan fingerprint density at radius 2 is 1.67 bits per heavy atom. The maximum Gasteiger partial charge on any atom is 0.292 e. The number of piperazine rings is 1. The first-order chi connectivity index (χ1) is 13.0. The fourth-order valence-electron chi connectivity index (χ4n) is 3.19. The first-order valence-electron chi connectivity index (χ1n) is 9.05. The highest BCUT2D eigenvalue weighted by atomic mass is 16.6. The van der Waals surface area contributed by atoms with Crippen molar-refractivity contribution in [3.63, 3.8) is 0 Å². The summed E-state index contributed by atoms with van der Waals surface area (Å²) in [5.41, 5.74) is 2.70. The molecular formula is C20H24N4O3. The zero-order valence-corrected chi connectivity index (χ0v) is 15.4. The van der Waals surface area contributed by atoms with Gasteiger partial charge in [-0.3, -0.25) is 24.7 Å². The second-order valence-corrected chi connectivity index (χ2v) is 6.86. The van der Waals surface area contributed by atoms with Crippen molar-refractivity contribution in [2.75, 3.05) is 38.0 Å². The number of nitrogens with zero attached hydrogens (tertiary/aromatic N) is 3. The molecule has 0 atom stereocenters. The van der Waals surface area contributed by atoms with Gasteiger partial charge in [-0.1, -0.05) is 42.0 Å². The Bertz CT molecular complexity index is 799. The molecule has 0 spiro atoms. The minimum absolute atomic E-state index is 0.0891. The molecule has 3 rings (SSSR count). The van der Waals surface area contributed by atoms with Gasteiger partial charge >= 0.3 is 0 Å². The third kappa shape index (κ3) is 5.35. The number of rotatable bonds is 6. The number of nitro groups is 1. The van der Waals surface area contributed by atoms with Crippen LogP contribution in [0.4, 0.5) is 11.4 Å². The number of anilines is 1. The molecule has 0 aromatic heterocycles. The van der Waals surface area contributed by atoms with Gasteiger partial charge in [-0.05, 0) is 18.6 Å². The molecule has 2 aromatic carbocycles. The molecule has 0 saturated carbocycles. The second-order valence-electron chi connectivity index (χ2n) is 6.86. The Morgan fingerprint density at radius 3 is 2.33 bits per heavy atom. The number of hydrogen-bond acceptors (Lipinski definition) is 5. The molecule has 142 valence electrons. The smallest absolute Gasteiger partial charge is 0.292 e. The third-order valence-electron chi connectivity index (χ3n) is 4.73. The van der Waals surface area contributed by atoms with Crippen molar-refractivity contribution in [3.05, 3.63) is 69.8 Å². The van der Waals surface area contributed by atoms with Crippen molar-refractivity contribution in [3.8, 4) is 0 Å². The molecule has 7 heteroatoms. The van der Waals surface area contributed by atoms with E-state index in [0.717, 1.165) is 32.7 Å². The van der Waals surface area contributed by atoms with Crippen molar-refractivity contribution in [1.29, 1.82) is 0 Å². The Kier molecular flexibility index (Phi) is 6.16. The van der Waals surface area contributed by atoms with E-state index in [0.29, 0.717) is 0 Å². The van der Waals surface area contributed by atoms with Gasteiger partial charge in [0.25, 0.3) is 5.69 Å². The molecule has 27 heavy (non-hydrogen) atoms. The van der Waals surface area contributed by atoms with Crippen LogP contribution >= 0.6 is 0 Å². The van der Waals surface area contributed by atoms with Crippen molar-refractivity contribution in [2.24, 2.45) is 0 Å². The van der Waals surface area contributed by atoms with Crippen LogP contribution in [0, 0.1) is 17.0 Å². The topological polar surface area (TPSA) is 78.7 Å². The van der Waals surface area contributed by atoms with Gasteiger partial charge < -0.3 is 5.32 Å². The standard InChI is InChI=1S/C20H24N4O3/c1-16-6-8-17(9-7-16)14-22-10-12-23(13-11-22)15-20(25)21-18-4-2-3-5-19(18)24(26)27/h2-9H,10-15H2,1H3,(H,21,25). The number of aryl methyl sites for hydroxylation is 1. The van der Waals surface area contributed by atoms with E-state index in [2.05, 4.69) is 46.3 Å². The lowest BCUT2D eigenvalue weighted by Gasteiger charge is -2.34. The van der Waals surface area contributed by atoms with Crippen LogP contribution in [0.5, 0.6) is 0 Å². The zero-order valence-electron chi connectivity index (χ0n) is 15.4. The maximum atomic E-state index is 12.3. The number of amides is 1. The summed E-state index contributed by atoms with van der Waals surface area (Å²) in [6, 6.07) is 14.8. The Balaban J connectivity index is 1.47. The number of carbonyl (C=O) groups is 1. The van der Waals surface area contributed by atoms with Gasteiger partial charge in [0.15, 0.2) is 0 Å². The van der Waals surface area contributed by atoms with Gasteiger partial charge in [0.05, 0.1) is 11.5 Å². The number of para-hydroxylation sites is 2. The first kappa shape index (κ1) is 19.0. The summed E-state index contributed by atoms with van der Waals surface area (Å²) in [5, 5.41) is 13.7. The van der Waals surface area contributed by atoms with Crippen molar-refractivity contribution < 1.29 is 9.72 Å². The van der Waals surface area contributed by atoms with E-state index in [4.69, 9.17) is 0 Å². The van der Waals surface area contributed by atoms with Gasteiger partial charge in [0, 0.05) is 38.8 Å². The molecule has 2 aromatic rings. The van der Waals surface area contributed by atoms with Crippen molar-refractivity contribution >= 4 is 17.3 Å². The minimum Gasteiger partial charge on any atom is -0.319 e. The summed E-state index contributed by atoms with van der Waals surface area (Å²) < 4.78 is 0. The number of hydrogen-bond donors (Lipinski definition) is 1. The largest absolute Gasteiger partial charge is 0.319 e. The van der Waals surface area contributed by atoms with E-state index >= 15 is 0 Å². The van der Waals surface area contributed by atoms with E-state index in [9.17, 15) is 14.9 Å². The highest BCUT2D eigenvalue weighted by Gasteiger charge is 2.20. The van der Waals surface area contributed by atoms with Crippen LogP contribution in [0.1, 0.15) is 11.1 Å². The zero-order chi connectivity index (χ0) is 19.2. The van der Waals surface area contributed by atoms with Gasteiger partial charge in [0.1, 0.15) is 5.69 Å². The summed E-state index contributed by atoms with van der Waals surface area (Å²) in [6.07, 6.45) is 0.